The molecule has 3 unspecified atom stereocenters. The maximum atomic E-state index is 12.0. The van der Waals surface area contributed by atoms with Crippen LogP contribution in [0, 0.1) is 17.8 Å². The van der Waals surface area contributed by atoms with Crippen molar-refractivity contribution in [2.75, 3.05) is 0 Å². The molecule has 2 saturated carbocycles. The van der Waals surface area contributed by atoms with Crippen LogP contribution in [0.4, 0.5) is 8.78 Å². The summed E-state index contributed by atoms with van der Waals surface area (Å²) in [5.41, 5.74) is 0. The molecule has 0 heterocycles. The lowest BCUT2D eigenvalue weighted by Gasteiger charge is -2.20. The topological polar surface area (TPSA) is 0 Å². The van der Waals surface area contributed by atoms with Crippen molar-refractivity contribution in [3.05, 3.63) is 0 Å². The van der Waals surface area contributed by atoms with E-state index in [9.17, 15) is 8.78 Å². The minimum absolute atomic E-state index is 0.168. The van der Waals surface area contributed by atoms with Gasteiger partial charge in [0.2, 0.25) is 6.43 Å². The van der Waals surface area contributed by atoms with Crippen LogP contribution in [0.25, 0.3) is 0 Å². The van der Waals surface area contributed by atoms with Crippen LogP contribution in [0.5, 0.6) is 0 Å². The monoisotopic (exact) mass is 160 g/mol. The van der Waals surface area contributed by atoms with Gasteiger partial charge in [-0.1, -0.05) is 6.42 Å². The van der Waals surface area contributed by atoms with E-state index < -0.39 is 6.43 Å². The van der Waals surface area contributed by atoms with E-state index in [4.69, 9.17) is 0 Å². The lowest BCUT2D eigenvalue weighted by molar-refractivity contribution is 0.0987. The summed E-state index contributed by atoms with van der Waals surface area (Å²) in [6.07, 6.45) is 2.97. The molecule has 64 valence electrons. The van der Waals surface area contributed by atoms with Crippen LogP contribution in [0.1, 0.15) is 32.1 Å². The summed E-state index contributed by atoms with van der Waals surface area (Å²) in [5.74, 6) is 1.84. The Bertz CT molecular complexity index is 144. The largest absolute Gasteiger partial charge is 0.238 e. The normalized spacial score (nSPS) is 42.3. The molecule has 0 aliphatic heterocycles. The average Bonchev–Trinajstić information content (AvgIpc) is 2.45. The van der Waals surface area contributed by atoms with Gasteiger partial charge in [0.1, 0.15) is 0 Å². The second kappa shape index (κ2) is 2.72. The highest BCUT2D eigenvalue weighted by molar-refractivity contribution is 4.89. The zero-order valence-electron chi connectivity index (χ0n) is 6.60. The SMILES string of the molecule is FC(F)CC1CC2CCC1C2. The molecule has 2 heteroatoms. The smallest absolute Gasteiger partial charge is 0.211 e. The first kappa shape index (κ1) is 7.51. The Balaban J connectivity index is 1.87. The molecular weight excluding hydrogens is 146 g/mol. The van der Waals surface area contributed by atoms with Gasteiger partial charge < -0.3 is 0 Å². The van der Waals surface area contributed by atoms with Crippen LogP contribution in [0.3, 0.4) is 0 Å². The quantitative estimate of drug-likeness (QED) is 0.582. The van der Waals surface area contributed by atoms with Crippen molar-refractivity contribution in [3.8, 4) is 0 Å². The van der Waals surface area contributed by atoms with E-state index in [-0.39, 0.29) is 6.42 Å². The molecule has 2 rings (SSSR count). The first-order valence-electron chi connectivity index (χ1n) is 4.54. The Labute approximate surface area is 66.0 Å². The van der Waals surface area contributed by atoms with Gasteiger partial charge >= 0.3 is 0 Å². The van der Waals surface area contributed by atoms with Gasteiger partial charge in [0.25, 0.3) is 0 Å². The van der Waals surface area contributed by atoms with E-state index in [2.05, 4.69) is 0 Å². The molecule has 0 nitrogen and oxygen atoms in total. The van der Waals surface area contributed by atoms with Crippen molar-refractivity contribution in [2.45, 2.75) is 38.5 Å². The van der Waals surface area contributed by atoms with Crippen LogP contribution in [-0.2, 0) is 0 Å². The van der Waals surface area contributed by atoms with Crippen LogP contribution in [0.2, 0.25) is 0 Å². The van der Waals surface area contributed by atoms with Gasteiger partial charge in [0.05, 0.1) is 0 Å². The minimum atomic E-state index is -2.07. The molecule has 0 aromatic rings. The minimum Gasteiger partial charge on any atom is -0.211 e. The molecule has 0 N–H and O–H groups in total. The van der Waals surface area contributed by atoms with Crippen LogP contribution in [-0.4, -0.2) is 6.43 Å². The van der Waals surface area contributed by atoms with Crippen LogP contribution < -0.4 is 0 Å². The van der Waals surface area contributed by atoms with Gasteiger partial charge in [-0.05, 0) is 37.0 Å². The van der Waals surface area contributed by atoms with E-state index in [0.29, 0.717) is 11.8 Å². The molecule has 2 aliphatic carbocycles. The van der Waals surface area contributed by atoms with Crippen molar-refractivity contribution in [2.24, 2.45) is 17.8 Å². The third kappa shape index (κ3) is 1.40. The molecule has 0 radical (unpaired) electrons. The highest BCUT2D eigenvalue weighted by Crippen LogP contribution is 2.50. The summed E-state index contributed by atoms with van der Waals surface area (Å²) in [5, 5.41) is 0. The van der Waals surface area contributed by atoms with Gasteiger partial charge in [-0.2, -0.15) is 0 Å². The zero-order valence-corrected chi connectivity index (χ0v) is 6.60. The number of fused-ring (bicyclic) bond motifs is 2. The summed E-state index contributed by atoms with van der Waals surface area (Å²) >= 11 is 0. The van der Waals surface area contributed by atoms with Crippen molar-refractivity contribution < 1.29 is 8.78 Å². The molecule has 2 fully saturated rings. The summed E-state index contributed by atoms with van der Waals surface area (Å²) in [4.78, 5) is 0. The predicted molar refractivity (Wildman–Crippen MR) is 39.6 cm³/mol. The highest BCUT2D eigenvalue weighted by Gasteiger charge is 2.40. The van der Waals surface area contributed by atoms with Crippen molar-refractivity contribution >= 4 is 0 Å². The molecule has 0 aromatic carbocycles. The third-order valence-corrected chi connectivity index (χ3v) is 3.37. The zero-order chi connectivity index (χ0) is 7.84. The van der Waals surface area contributed by atoms with E-state index in [1.165, 1.54) is 19.3 Å². The van der Waals surface area contributed by atoms with E-state index in [0.717, 1.165) is 12.3 Å². The van der Waals surface area contributed by atoms with Gasteiger partial charge in [-0.3, -0.25) is 0 Å². The molecule has 2 aliphatic rings. The van der Waals surface area contributed by atoms with Crippen molar-refractivity contribution in [3.63, 3.8) is 0 Å². The Hall–Kier alpha value is -0.140. The molecule has 0 aromatic heterocycles. The number of halogens is 2. The molecule has 0 amide bonds. The summed E-state index contributed by atoms with van der Waals surface area (Å²) in [6, 6.07) is 0. The Morgan fingerprint density at radius 1 is 1.18 bits per heavy atom. The first-order valence-corrected chi connectivity index (χ1v) is 4.54. The lowest BCUT2D eigenvalue weighted by Crippen LogP contribution is -2.13. The highest BCUT2D eigenvalue weighted by atomic mass is 19.3. The maximum absolute atomic E-state index is 12.0. The van der Waals surface area contributed by atoms with E-state index in [1.54, 1.807) is 0 Å². The van der Waals surface area contributed by atoms with Crippen molar-refractivity contribution in [1.82, 2.24) is 0 Å². The van der Waals surface area contributed by atoms with E-state index in [1.807, 2.05) is 0 Å². The molecule has 11 heavy (non-hydrogen) atoms. The van der Waals surface area contributed by atoms with Gasteiger partial charge in [-0.25, -0.2) is 8.78 Å². The maximum Gasteiger partial charge on any atom is 0.238 e. The molecular formula is C9H14F2. The van der Waals surface area contributed by atoms with Crippen LogP contribution >= 0.6 is 0 Å². The summed E-state index contributed by atoms with van der Waals surface area (Å²) < 4.78 is 24.0. The predicted octanol–water partition coefficient (Wildman–Crippen LogP) is 3.08. The second-order valence-electron chi connectivity index (χ2n) is 4.06. The third-order valence-electron chi connectivity index (χ3n) is 3.37. The van der Waals surface area contributed by atoms with Crippen LogP contribution in [0.15, 0.2) is 0 Å². The Morgan fingerprint density at radius 2 is 2.00 bits per heavy atom. The summed E-state index contributed by atoms with van der Waals surface area (Å²) in [6.45, 7) is 0. The molecule has 2 bridgehead atoms. The van der Waals surface area contributed by atoms with E-state index >= 15 is 0 Å². The Kier molecular flexibility index (Phi) is 1.86. The Morgan fingerprint density at radius 3 is 2.45 bits per heavy atom. The fraction of sp³-hybridized carbons (Fsp3) is 1.00. The van der Waals surface area contributed by atoms with Crippen molar-refractivity contribution in [1.29, 1.82) is 0 Å². The number of hydrogen-bond acceptors (Lipinski definition) is 0. The molecule has 0 spiro atoms. The average molecular weight is 160 g/mol. The molecule has 3 atom stereocenters. The summed E-state index contributed by atoms with van der Waals surface area (Å²) in [7, 11) is 0. The van der Waals surface area contributed by atoms with Gasteiger partial charge in [0, 0.05) is 6.42 Å². The lowest BCUT2D eigenvalue weighted by atomic mass is 9.87. The second-order valence-corrected chi connectivity index (χ2v) is 4.06. The fourth-order valence-electron chi connectivity index (χ4n) is 2.89. The van der Waals surface area contributed by atoms with Gasteiger partial charge in [-0.15, -0.1) is 0 Å². The fourth-order valence-corrected chi connectivity index (χ4v) is 2.89. The van der Waals surface area contributed by atoms with Gasteiger partial charge in [0.15, 0.2) is 0 Å². The number of alkyl halides is 2. The molecule has 0 saturated heterocycles. The number of rotatable bonds is 2. The number of hydrogen-bond donors (Lipinski definition) is 0. The first-order chi connectivity index (χ1) is 5.25. The standard InChI is InChI=1S/C9H14F2/c10-9(11)5-8-4-6-1-2-7(8)3-6/h6-9H,1-5H2.